The van der Waals surface area contributed by atoms with Crippen molar-refractivity contribution < 1.29 is 23.5 Å². The highest BCUT2D eigenvalue weighted by Gasteiger charge is 2.68. The predicted molar refractivity (Wildman–Crippen MR) is 83.0 cm³/mol. The Morgan fingerprint density at radius 2 is 2.08 bits per heavy atom. The maximum atomic E-state index is 14.0. The first-order valence-corrected chi connectivity index (χ1v) is 7.82. The Hall–Kier alpha value is -2.18. The molecule has 1 aromatic heterocycles. The van der Waals surface area contributed by atoms with Crippen LogP contribution in [0.4, 0.5) is 4.39 Å². The lowest BCUT2D eigenvalue weighted by molar-refractivity contribution is -0.174. The van der Waals surface area contributed by atoms with E-state index in [-0.39, 0.29) is 35.3 Å². The summed E-state index contributed by atoms with van der Waals surface area (Å²) in [6, 6.07) is 1.29. The van der Waals surface area contributed by atoms with Crippen LogP contribution in [-0.4, -0.2) is 49.1 Å². The molecule has 0 spiro atoms. The van der Waals surface area contributed by atoms with Crippen molar-refractivity contribution >= 4 is 11.9 Å². The summed E-state index contributed by atoms with van der Waals surface area (Å²) in [4.78, 5) is 30.3. The van der Waals surface area contributed by atoms with E-state index in [1.165, 1.54) is 25.2 Å². The fraction of sp³-hybridized carbons (Fsp3) is 0.588. The quantitative estimate of drug-likeness (QED) is 0.789. The number of pyridine rings is 1. The van der Waals surface area contributed by atoms with Gasteiger partial charge in [-0.2, -0.15) is 0 Å². The third kappa shape index (κ3) is 2.25. The third-order valence-electron chi connectivity index (χ3n) is 5.41. The number of likely N-dealkylation sites (tertiary alicyclic amines) is 1. The number of halogens is 1. The SMILES string of the molecule is COC(=O)[C@@]12CN(C(=O)c3cc(OC)ncc3F)C[C@@H]1C(C)(C)C2. The molecule has 3 rings (SSSR count). The molecule has 1 aliphatic carbocycles. The van der Waals surface area contributed by atoms with Gasteiger partial charge in [-0.1, -0.05) is 13.8 Å². The van der Waals surface area contributed by atoms with E-state index in [1.54, 1.807) is 0 Å². The van der Waals surface area contributed by atoms with Gasteiger partial charge in [-0.25, -0.2) is 9.37 Å². The van der Waals surface area contributed by atoms with Crippen molar-refractivity contribution in [2.45, 2.75) is 20.3 Å². The highest BCUT2D eigenvalue weighted by molar-refractivity contribution is 5.96. The number of carbonyl (C=O) groups is 2. The van der Waals surface area contributed by atoms with Gasteiger partial charge in [-0.05, 0) is 17.8 Å². The number of rotatable bonds is 3. The summed E-state index contributed by atoms with van der Waals surface area (Å²) in [5.41, 5.74) is -0.833. The average molecular weight is 336 g/mol. The number of amides is 1. The predicted octanol–water partition coefficient (Wildman–Crippen LogP) is 1.89. The molecule has 1 saturated carbocycles. The van der Waals surface area contributed by atoms with E-state index in [4.69, 9.17) is 9.47 Å². The molecule has 130 valence electrons. The molecular formula is C17H21FN2O4. The van der Waals surface area contributed by atoms with E-state index in [1.807, 2.05) is 0 Å². The lowest BCUT2D eigenvalue weighted by Gasteiger charge is -2.54. The van der Waals surface area contributed by atoms with Gasteiger partial charge < -0.3 is 14.4 Å². The monoisotopic (exact) mass is 336 g/mol. The van der Waals surface area contributed by atoms with Crippen LogP contribution in [0, 0.1) is 22.6 Å². The van der Waals surface area contributed by atoms with Crippen LogP contribution in [0.15, 0.2) is 12.3 Å². The van der Waals surface area contributed by atoms with Crippen LogP contribution < -0.4 is 4.74 Å². The van der Waals surface area contributed by atoms with E-state index >= 15 is 0 Å². The molecular weight excluding hydrogens is 315 g/mol. The minimum atomic E-state index is -0.702. The second-order valence-corrected chi connectivity index (χ2v) is 7.26. The summed E-state index contributed by atoms with van der Waals surface area (Å²) in [7, 11) is 2.76. The maximum absolute atomic E-state index is 14.0. The number of esters is 1. The van der Waals surface area contributed by atoms with Crippen LogP contribution in [-0.2, 0) is 9.53 Å². The van der Waals surface area contributed by atoms with Gasteiger partial charge in [0.2, 0.25) is 5.88 Å². The molecule has 0 N–H and O–H groups in total. The van der Waals surface area contributed by atoms with E-state index in [9.17, 15) is 14.0 Å². The molecule has 2 aliphatic rings. The molecule has 0 radical (unpaired) electrons. The maximum Gasteiger partial charge on any atom is 0.314 e. The summed E-state index contributed by atoms with van der Waals surface area (Å²) in [6.07, 6.45) is 1.63. The second kappa shape index (κ2) is 5.43. The van der Waals surface area contributed by atoms with Crippen LogP contribution in [0.3, 0.4) is 0 Å². The van der Waals surface area contributed by atoms with Gasteiger partial charge >= 0.3 is 5.97 Å². The molecule has 1 aromatic rings. The Morgan fingerprint density at radius 3 is 2.67 bits per heavy atom. The van der Waals surface area contributed by atoms with Crippen molar-refractivity contribution in [3.05, 3.63) is 23.6 Å². The molecule has 7 heteroatoms. The fourth-order valence-electron chi connectivity index (χ4n) is 4.39. The number of hydrogen-bond acceptors (Lipinski definition) is 5. The van der Waals surface area contributed by atoms with E-state index < -0.39 is 17.1 Å². The molecule has 2 heterocycles. The number of nitrogens with zero attached hydrogens (tertiary/aromatic N) is 2. The smallest absolute Gasteiger partial charge is 0.314 e. The minimum Gasteiger partial charge on any atom is -0.481 e. The molecule has 2 atom stereocenters. The summed E-state index contributed by atoms with van der Waals surface area (Å²) < 4.78 is 24.0. The summed E-state index contributed by atoms with van der Waals surface area (Å²) in [5.74, 6) is -1.28. The number of aromatic nitrogens is 1. The topological polar surface area (TPSA) is 68.7 Å². The van der Waals surface area contributed by atoms with Gasteiger partial charge in [0.1, 0.15) is 0 Å². The highest BCUT2D eigenvalue weighted by atomic mass is 19.1. The van der Waals surface area contributed by atoms with E-state index in [0.717, 1.165) is 6.20 Å². The van der Waals surface area contributed by atoms with Gasteiger partial charge in [0.05, 0.1) is 31.4 Å². The number of carbonyl (C=O) groups excluding carboxylic acids is 2. The van der Waals surface area contributed by atoms with Crippen LogP contribution in [0.5, 0.6) is 5.88 Å². The number of ether oxygens (including phenoxy) is 2. The Balaban J connectivity index is 1.89. The first-order chi connectivity index (χ1) is 11.2. The van der Waals surface area contributed by atoms with Crippen LogP contribution >= 0.6 is 0 Å². The van der Waals surface area contributed by atoms with Gasteiger partial charge in [0.25, 0.3) is 5.91 Å². The largest absolute Gasteiger partial charge is 0.481 e. The Morgan fingerprint density at radius 1 is 1.38 bits per heavy atom. The van der Waals surface area contributed by atoms with Crippen LogP contribution in [0.25, 0.3) is 0 Å². The minimum absolute atomic E-state index is 0.00759. The molecule has 24 heavy (non-hydrogen) atoms. The zero-order valence-electron chi connectivity index (χ0n) is 14.3. The van der Waals surface area contributed by atoms with Crippen molar-refractivity contribution in [3.8, 4) is 5.88 Å². The van der Waals surface area contributed by atoms with E-state index in [0.29, 0.717) is 13.0 Å². The molecule has 1 amide bonds. The first kappa shape index (κ1) is 16.7. The molecule has 2 fully saturated rings. The van der Waals surface area contributed by atoms with Gasteiger partial charge in [0, 0.05) is 19.2 Å². The first-order valence-electron chi connectivity index (χ1n) is 7.82. The van der Waals surface area contributed by atoms with Gasteiger partial charge in [0.15, 0.2) is 5.82 Å². The Bertz CT molecular complexity index is 706. The highest BCUT2D eigenvalue weighted by Crippen LogP contribution is 2.63. The number of methoxy groups -OCH3 is 2. The van der Waals surface area contributed by atoms with Crippen LogP contribution in [0.2, 0.25) is 0 Å². The molecule has 0 unspecified atom stereocenters. The number of hydrogen-bond donors (Lipinski definition) is 0. The van der Waals surface area contributed by atoms with Crippen molar-refractivity contribution in [3.63, 3.8) is 0 Å². The summed E-state index contributed by atoms with van der Waals surface area (Å²) in [5, 5.41) is 0. The third-order valence-corrected chi connectivity index (χ3v) is 5.41. The van der Waals surface area contributed by atoms with Gasteiger partial charge in [-0.15, -0.1) is 0 Å². The van der Waals surface area contributed by atoms with Crippen LogP contribution in [0.1, 0.15) is 30.6 Å². The Kier molecular flexibility index (Phi) is 3.77. The normalized spacial score (nSPS) is 27.2. The molecule has 6 nitrogen and oxygen atoms in total. The standard InChI is InChI=1S/C17H21FN2O4/c1-16(2)8-17(15(22)24-4)9-20(7-12(16)17)14(21)10-5-13(23-3)19-6-11(10)18/h5-6,12H,7-9H2,1-4H3/t12-,17+/m1/s1. The summed E-state index contributed by atoms with van der Waals surface area (Å²) in [6.45, 7) is 4.80. The zero-order chi connectivity index (χ0) is 17.7. The summed E-state index contributed by atoms with van der Waals surface area (Å²) >= 11 is 0. The lowest BCUT2D eigenvalue weighted by Crippen LogP contribution is -2.57. The van der Waals surface area contributed by atoms with E-state index in [2.05, 4.69) is 18.8 Å². The van der Waals surface area contributed by atoms with Crippen molar-refractivity contribution in [1.82, 2.24) is 9.88 Å². The van der Waals surface area contributed by atoms with Crippen molar-refractivity contribution in [2.75, 3.05) is 27.3 Å². The van der Waals surface area contributed by atoms with Crippen molar-refractivity contribution in [2.24, 2.45) is 16.7 Å². The Labute approximate surface area is 139 Å². The fourth-order valence-corrected chi connectivity index (χ4v) is 4.39. The average Bonchev–Trinajstić information content (AvgIpc) is 2.90. The second-order valence-electron chi connectivity index (χ2n) is 7.26. The molecule has 0 aromatic carbocycles. The van der Waals surface area contributed by atoms with Crippen molar-refractivity contribution in [1.29, 1.82) is 0 Å². The lowest BCUT2D eigenvalue weighted by atomic mass is 9.48. The zero-order valence-corrected chi connectivity index (χ0v) is 14.3. The number of fused-ring (bicyclic) bond motifs is 1. The van der Waals surface area contributed by atoms with Gasteiger partial charge in [-0.3, -0.25) is 9.59 Å². The molecule has 0 bridgehead atoms. The molecule has 1 aliphatic heterocycles. The molecule has 1 saturated heterocycles.